The van der Waals surface area contributed by atoms with Gasteiger partial charge >= 0.3 is 5.97 Å². The van der Waals surface area contributed by atoms with Gasteiger partial charge in [-0.15, -0.1) is 0 Å². The number of nitrogens with one attached hydrogen (secondary N) is 1. The highest BCUT2D eigenvalue weighted by atomic mass is 32.2. The third kappa shape index (κ3) is 7.75. The number of hydrogen-bond donors (Lipinski definition) is 2. The third-order valence-electron chi connectivity index (χ3n) is 7.27. The maximum atomic E-state index is 13.6. The van der Waals surface area contributed by atoms with Gasteiger partial charge in [0.15, 0.2) is 0 Å². The van der Waals surface area contributed by atoms with Crippen LogP contribution in [0.4, 0.5) is 0 Å². The topological polar surface area (TPSA) is 135 Å². The van der Waals surface area contributed by atoms with Crippen LogP contribution in [0.1, 0.15) is 75.7 Å². The number of benzene rings is 3. The Labute approximate surface area is 251 Å². The number of unbranched alkanes of at least 4 members (excludes halogenated alkanes) is 1. The van der Waals surface area contributed by atoms with E-state index in [0.717, 1.165) is 23.4 Å². The highest BCUT2D eigenvalue weighted by Crippen LogP contribution is 2.28. The zero-order chi connectivity index (χ0) is 31.1. The van der Waals surface area contributed by atoms with Crippen LogP contribution in [0.2, 0.25) is 0 Å². The van der Waals surface area contributed by atoms with Crippen molar-refractivity contribution in [2.45, 2.75) is 76.7 Å². The molecule has 0 aliphatic carbocycles. The quantitative estimate of drug-likeness (QED) is 0.189. The average Bonchev–Trinajstić information content (AvgIpc) is 2.97. The first kappa shape index (κ1) is 31.6. The minimum atomic E-state index is -4.17. The van der Waals surface area contributed by atoms with E-state index >= 15 is 0 Å². The Morgan fingerprint density at radius 3 is 2.35 bits per heavy atom. The van der Waals surface area contributed by atoms with Gasteiger partial charge in [-0.1, -0.05) is 69.3 Å². The van der Waals surface area contributed by atoms with Crippen LogP contribution >= 0.6 is 0 Å². The van der Waals surface area contributed by atoms with Crippen molar-refractivity contribution in [3.05, 3.63) is 94.0 Å². The minimum absolute atomic E-state index is 0.0391. The molecule has 1 aromatic heterocycles. The van der Waals surface area contributed by atoms with Gasteiger partial charge in [0.25, 0.3) is 15.6 Å². The molecule has 226 valence electrons. The van der Waals surface area contributed by atoms with Crippen molar-refractivity contribution in [2.24, 2.45) is 0 Å². The van der Waals surface area contributed by atoms with E-state index in [4.69, 9.17) is 10.1 Å². The highest BCUT2D eigenvalue weighted by Gasteiger charge is 2.22. The van der Waals surface area contributed by atoms with Crippen LogP contribution in [-0.4, -0.2) is 35.0 Å². The Kier molecular flexibility index (Phi) is 10.1. The van der Waals surface area contributed by atoms with E-state index < -0.39 is 21.9 Å². The first-order valence-corrected chi connectivity index (χ1v) is 16.0. The van der Waals surface area contributed by atoms with Crippen LogP contribution in [0.3, 0.4) is 0 Å². The smallest absolute Gasteiger partial charge is 0.303 e. The van der Waals surface area contributed by atoms with Gasteiger partial charge in [0, 0.05) is 24.8 Å². The summed E-state index contributed by atoms with van der Waals surface area (Å²) in [4.78, 5) is 41.4. The van der Waals surface area contributed by atoms with Gasteiger partial charge in [0.2, 0.25) is 5.91 Å². The number of carboxylic acid groups (broad SMARTS) is 1. The molecular weight excluding hydrogens is 566 g/mol. The summed E-state index contributed by atoms with van der Waals surface area (Å²) in [5.74, 6) is -0.649. The molecule has 3 aromatic carbocycles. The lowest BCUT2D eigenvalue weighted by Gasteiger charge is -2.15. The van der Waals surface area contributed by atoms with Gasteiger partial charge in [-0.25, -0.2) is 18.1 Å². The van der Waals surface area contributed by atoms with Crippen LogP contribution in [0.5, 0.6) is 0 Å². The monoisotopic (exact) mass is 603 g/mol. The zero-order valence-electron chi connectivity index (χ0n) is 24.7. The Hall–Kier alpha value is -4.31. The van der Waals surface area contributed by atoms with Gasteiger partial charge in [-0.3, -0.25) is 19.0 Å². The van der Waals surface area contributed by atoms with Crippen molar-refractivity contribution >= 4 is 32.8 Å². The summed E-state index contributed by atoms with van der Waals surface area (Å²) in [5, 5.41) is 9.33. The van der Waals surface area contributed by atoms with Gasteiger partial charge < -0.3 is 5.11 Å². The summed E-state index contributed by atoms with van der Waals surface area (Å²) in [7, 11) is -4.17. The molecular formula is C33H37N3O6S. The molecule has 0 aliphatic heterocycles. The SMILES string of the molecule is CCCc1nc2ccc(C(C)C)cc2c(=O)n1Cc1ccc(-c2ccccc2S(=O)(=O)NC(=O)CCCCC(=O)O)cc1. The second-order valence-electron chi connectivity index (χ2n) is 10.9. The molecule has 0 spiro atoms. The maximum absolute atomic E-state index is 13.6. The first-order chi connectivity index (χ1) is 20.5. The molecule has 0 bridgehead atoms. The summed E-state index contributed by atoms with van der Waals surface area (Å²) >= 11 is 0. The van der Waals surface area contributed by atoms with Crippen LogP contribution in [0.25, 0.3) is 22.0 Å². The predicted molar refractivity (Wildman–Crippen MR) is 166 cm³/mol. The number of aromatic nitrogens is 2. The molecule has 1 heterocycles. The van der Waals surface area contributed by atoms with E-state index in [1.165, 1.54) is 6.07 Å². The molecule has 0 saturated heterocycles. The van der Waals surface area contributed by atoms with Gasteiger partial charge in [-0.05, 0) is 60.1 Å². The first-order valence-electron chi connectivity index (χ1n) is 14.5. The number of rotatable bonds is 13. The lowest BCUT2D eigenvalue weighted by molar-refractivity contribution is -0.137. The molecule has 0 aliphatic rings. The van der Waals surface area contributed by atoms with Gasteiger partial charge in [0.05, 0.1) is 22.3 Å². The van der Waals surface area contributed by atoms with E-state index in [-0.39, 0.29) is 42.1 Å². The number of aliphatic carboxylic acids is 1. The van der Waals surface area contributed by atoms with Crippen LogP contribution in [0.15, 0.2) is 76.4 Å². The summed E-state index contributed by atoms with van der Waals surface area (Å²) < 4.78 is 30.1. The van der Waals surface area contributed by atoms with E-state index in [0.29, 0.717) is 35.0 Å². The number of carboxylic acids is 1. The molecule has 0 saturated carbocycles. The number of amides is 1. The number of nitrogens with zero attached hydrogens (tertiary/aromatic N) is 2. The fourth-order valence-electron chi connectivity index (χ4n) is 4.95. The summed E-state index contributed by atoms with van der Waals surface area (Å²) in [6.45, 7) is 6.54. The average molecular weight is 604 g/mol. The fraction of sp³-hybridized carbons (Fsp3) is 0.333. The van der Waals surface area contributed by atoms with E-state index in [9.17, 15) is 22.8 Å². The molecule has 10 heteroatoms. The summed E-state index contributed by atoms with van der Waals surface area (Å²) in [6, 6.07) is 19.6. The van der Waals surface area contributed by atoms with Crippen LogP contribution in [0, 0.1) is 0 Å². The predicted octanol–water partition coefficient (Wildman–Crippen LogP) is 5.64. The van der Waals surface area contributed by atoms with E-state index in [1.807, 2.05) is 37.3 Å². The van der Waals surface area contributed by atoms with Crippen molar-refractivity contribution in [3.8, 4) is 11.1 Å². The van der Waals surface area contributed by atoms with E-state index in [1.54, 1.807) is 34.9 Å². The number of carbonyl (C=O) groups excluding carboxylic acids is 1. The van der Waals surface area contributed by atoms with Crippen molar-refractivity contribution in [2.75, 3.05) is 0 Å². The Morgan fingerprint density at radius 2 is 1.67 bits per heavy atom. The summed E-state index contributed by atoms with van der Waals surface area (Å²) in [5.41, 5.74) is 3.60. The molecule has 0 unspecified atom stereocenters. The number of aryl methyl sites for hydroxylation is 1. The standard InChI is InChI=1S/C33H37N3O6S/c1-4-9-30-34-28-19-18-25(22(2)3)20-27(28)33(40)36(30)21-23-14-16-24(17-15-23)26-10-5-6-11-29(26)43(41,42)35-31(37)12-7-8-13-32(38)39/h5-6,10-11,14-20,22H,4,7-9,12-13,21H2,1-3H3,(H,35,37)(H,38,39). The number of carbonyl (C=O) groups is 2. The highest BCUT2D eigenvalue weighted by molar-refractivity contribution is 7.90. The van der Waals surface area contributed by atoms with Crippen LogP contribution < -0.4 is 10.3 Å². The van der Waals surface area contributed by atoms with E-state index in [2.05, 4.69) is 18.6 Å². The Balaban J connectivity index is 1.59. The Morgan fingerprint density at radius 1 is 0.977 bits per heavy atom. The second kappa shape index (κ2) is 13.8. The lowest BCUT2D eigenvalue weighted by Crippen LogP contribution is -2.30. The molecule has 9 nitrogen and oxygen atoms in total. The van der Waals surface area contributed by atoms with Crippen molar-refractivity contribution in [1.29, 1.82) is 0 Å². The van der Waals surface area contributed by atoms with Crippen LogP contribution in [-0.2, 0) is 32.6 Å². The summed E-state index contributed by atoms with van der Waals surface area (Å²) in [6.07, 6.45) is 1.88. The molecule has 2 N–H and O–H groups in total. The zero-order valence-corrected chi connectivity index (χ0v) is 25.5. The molecule has 0 atom stereocenters. The van der Waals surface area contributed by atoms with Crippen molar-refractivity contribution in [3.63, 3.8) is 0 Å². The van der Waals surface area contributed by atoms with Gasteiger partial charge in [-0.2, -0.15) is 0 Å². The van der Waals surface area contributed by atoms with Gasteiger partial charge in [0.1, 0.15) is 5.82 Å². The molecule has 0 radical (unpaired) electrons. The number of fused-ring (bicyclic) bond motifs is 1. The Bertz CT molecular complexity index is 1790. The largest absolute Gasteiger partial charge is 0.481 e. The fourth-order valence-corrected chi connectivity index (χ4v) is 6.20. The maximum Gasteiger partial charge on any atom is 0.303 e. The second-order valence-corrected chi connectivity index (χ2v) is 12.6. The normalized spacial score (nSPS) is 11.6. The number of sulfonamides is 1. The third-order valence-corrected chi connectivity index (χ3v) is 8.70. The molecule has 1 amide bonds. The molecule has 0 fully saturated rings. The van der Waals surface area contributed by atoms with Crippen molar-refractivity contribution < 1.29 is 23.1 Å². The lowest BCUT2D eigenvalue weighted by atomic mass is 10.0. The molecule has 43 heavy (non-hydrogen) atoms. The number of hydrogen-bond acceptors (Lipinski definition) is 6. The molecule has 4 aromatic rings. The van der Waals surface area contributed by atoms with Crippen molar-refractivity contribution in [1.82, 2.24) is 14.3 Å². The molecule has 4 rings (SSSR count). The minimum Gasteiger partial charge on any atom is -0.481 e.